The van der Waals surface area contributed by atoms with Crippen LogP contribution in [0.4, 0.5) is 0 Å². The van der Waals surface area contributed by atoms with Gasteiger partial charge >= 0.3 is 0 Å². The highest BCUT2D eigenvalue weighted by Crippen LogP contribution is 2.40. The molecular formula is C22H23BrCl2N4O3S. The molecule has 1 aliphatic heterocycles. The molecule has 0 bridgehead atoms. The Bertz CT molecular complexity index is 1180. The maximum absolute atomic E-state index is 13.3. The van der Waals surface area contributed by atoms with E-state index in [2.05, 4.69) is 26.5 Å². The Labute approximate surface area is 212 Å². The van der Waals surface area contributed by atoms with Crippen LogP contribution in [0.5, 0.6) is 0 Å². The van der Waals surface area contributed by atoms with Crippen LogP contribution in [-0.4, -0.2) is 54.4 Å². The Balaban J connectivity index is 1.78. The highest BCUT2D eigenvalue weighted by atomic mass is 79.9. The summed E-state index contributed by atoms with van der Waals surface area (Å²) in [4.78, 5) is 13.3. The van der Waals surface area contributed by atoms with Crippen molar-refractivity contribution in [2.75, 3.05) is 24.6 Å². The molecule has 2 aromatic carbocycles. The maximum atomic E-state index is 13.3. The van der Waals surface area contributed by atoms with E-state index in [4.69, 9.17) is 23.2 Å². The number of rotatable bonds is 5. The lowest BCUT2D eigenvalue weighted by atomic mass is 10.0. The summed E-state index contributed by atoms with van der Waals surface area (Å²) in [7, 11) is -2.56. The van der Waals surface area contributed by atoms with Crippen LogP contribution in [0.1, 0.15) is 23.0 Å². The molecule has 33 heavy (non-hydrogen) atoms. The first kappa shape index (κ1) is 24.5. The van der Waals surface area contributed by atoms with E-state index in [0.29, 0.717) is 40.9 Å². The van der Waals surface area contributed by atoms with Gasteiger partial charge in [0.25, 0.3) is 5.91 Å². The van der Waals surface area contributed by atoms with E-state index in [9.17, 15) is 13.9 Å². The van der Waals surface area contributed by atoms with Crippen molar-refractivity contribution in [1.82, 2.24) is 20.2 Å². The Hall–Kier alpha value is -1.59. The van der Waals surface area contributed by atoms with Gasteiger partial charge < -0.3 is 0 Å². The second-order valence-corrected chi connectivity index (χ2v) is 11.9. The number of nitrogens with one attached hydrogen (secondary N) is 1. The molecule has 0 spiro atoms. The summed E-state index contributed by atoms with van der Waals surface area (Å²) >= 11 is 16.1. The number of aromatic nitrogens is 2. The lowest BCUT2D eigenvalue weighted by molar-refractivity contribution is 0.0792. The van der Waals surface area contributed by atoms with Crippen LogP contribution in [0.2, 0.25) is 10.0 Å². The van der Waals surface area contributed by atoms with E-state index in [1.165, 1.54) is 0 Å². The fourth-order valence-electron chi connectivity index (χ4n) is 3.73. The number of carbonyl (C=O) groups is 1. The predicted octanol–water partition coefficient (Wildman–Crippen LogP) is 5.88. The molecule has 1 aromatic heterocycles. The molecule has 7 nitrogen and oxygen atoms in total. The molecule has 1 fully saturated rings. The number of halogens is 3. The molecule has 0 radical (unpaired) electrons. The molecule has 0 aliphatic carbocycles. The Kier molecular flexibility index (Phi) is 7.40. The number of hydrogen-bond acceptors (Lipinski definition) is 5. The van der Waals surface area contributed by atoms with Crippen LogP contribution in [0.25, 0.3) is 16.9 Å². The van der Waals surface area contributed by atoms with Crippen LogP contribution in [0.15, 0.2) is 46.9 Å². The van der Waals surface area contributed by atoms with Gasteiger partial charge in [-0.1, -0.05) is 58.2 Å². The molecule has 0 saturated carbocycles. The van der Waals surface area contributed by atoms with Crippen molar-refractivity contribution < 1.29 is 13.9 Å². The van der Waals surface area contributed by atoms with Gasteiger partial charge in [-0.2, -0.15) is 15.7 Å². The third kappa shape index (κ3) is 5.40. The van der Waals surface area contributed by atoms with E-state index in [-0.39, 0.29) is 17.4 Å². The predicted molar refractivity (Wildman–Crippen MR) is 138 cm³/mol. The minimum Gasteiger partial charge on any atom is -0.299 e. The van der Waals surface area contributed by atoms with Crippen LogP contribution in [0, 0.1) is 0 Å². The van der Waals surface area contributed by atoms with Crippen LogP contribution < -0.4 is 5.43 Å². The molecule has 3 aromatic rings. The fraction of sp³-hybridized carbons (Fsp3) is 0.273. The number of carbonyl (C=O) groups excluding carboxylic acids is 1. The molecule has 1 aliphatic rings. The Morgan fingerprint density at radius 2 is 1.82 bits per heavy atom. The number of hydrogen-bond donors (Lipinski definition) is 3. The van der Waals surface area contributed by atoms with Gasteiger partial charge in [-0.15, -0.1) is 0 Å². The summed E-state index contributed by atoms with van der Waals surface area (Å²) in [5, 5.41) is 7.30. The first-order valence-corrected chi connectivity index (χ1v) is 13.7. The average Bonchev–Trinajstić information content (AvgIpc) is 3.15. The van der Waals surface area contributed by atoms with Crippen molar-refractivity contribution in [3.8, 4) is 16.9 Å². The second-order valence-electron chi connectivity index (χ2n) is 7.68. The van der Waals surface area contributed by atoms with Gasteiger partial charge in [-0.25, -0.2) is 9.69 Å². The summed E-state index contributed by atoms with van der Waals surface area (Å²) in [6, 6.07) is 12.9. The molecule has 176 valence electrons. The number of hydrazine groups is 1. The normalized spacial score (nSPS) is 17.0. The molecule has 0 unspecified atom stereocenters. The summed E-state index contributed by atoms with van der Waals surface area (Å²) in [6.45, 7) is 2.69. The van der Waals surface area contributed by atoms with Crippen molar-refractivity contribution in [3.63, 3.8) is 0 Å². The third-order valence-electron chi connectivity index (χ3n) is 5.44. The van der Waals surface area contributed by atoms with Crippen molar-refractivity contribution in [1.29, 1.82) is 0 Å². The molecule has 3 N–H and O–H groups in total. The van der Waals surface area contributed by atoms with Gasteiger partial charge in [-0.3, -0.25) is 19.3 Å². The van der Waals surface area contributed by atoms with E-state index in [0.717, 1.165) is 21.3 Å². The molecule has 0 atom stereocenters. The Morgan fingerprint density at radius 1 is 1.15 bits per heavy atom. The molecular weight excluding hydrogens is 551 g/mol. The van der Waals surface area contributed by atoms with Crippen LogP contribution in [-0.2, 0) is 6.42 Å². The molecule has 11 heteroatoms. The quantitative estimate of drug-likeness (QED) is 0.354. The maximum Gasteiger partial charge on any atom is 0.286 e. The number of nitrogens with zero attached hydrogens (tertiary/aromatic N) is 3. The zero-order valence-electron chi connectivity index (χ0n) is 17.8. The second kappa shape index (κ2) is 9.95. The lowest BCUT2D eigenvalue weighted by Crippen LogP contribution is -2.49. The van der Waals surface area contributed by atoms with Crippen LogP contribution >= 0.6 is 49.7 Å². The zero-order valence-corrected chi connectivity index (χ0v) is 21.7. The molecule has 1 saturated heterocycles. The van der Waals surface area contributed by atoms with Crippen molar-refractivity contribution >= 4 is 55.6 Å². The van der Waals surface area contributed by atoms with Crippen molar-refractivity contribution in [3.05, 3.63) is 68.2 Å². The van der Waals surface area contributed by atoms with Crippen molar-refractivity contribution in [2.24, 2.45) is 0 Å². The zero-order chi connectivity index (χ0) is 23.8. The molecule has 1 amide bonds. The lowest BCUT2D eigenvalue weighted by Gasteiger charge is -2.40. The molecule has 2 heterocycles. The first-order chi connectivity index (χ1) is 15.7. The van der Waals surface area contributed by atoms with Gasteiger partial charge in [0.15, 0.2) is 5.69 Å². The van der Waals surface area contributed by atoms with E-state index in [1.807, 2.05) is 31.2 Å². The highest BCUT2D eigenvalue weighted by molar-refractivity contribution is 9.10. The highest BCUT2D eigenvalue weighted by Gasteiger charge is 2.28. The molecule has 4 rings (SSSR count). The largest absolute Gasteiger partial charge is 0.299 e. The van der Waals surface area contributed by atoms with Gasteiger partial charge in [-0.05, 0) is 36.8 Å². The van der Waals surface area contributed by atoms with Gasteiger partial charge in [0.05, 0.1) is 27.9 Å². The topological polar surface area (TPSA) is 90.6 Å². The number of benzene rings is 2. The Morgan fingerprint density at radius 3 is 2.42 bits per heavy atom. The summed E-state index contributed by atoms with van der Waals surface area (Å²) in [5.41, 5.74) is 6.21. The summed E-state index contributed by atoms with van der Waals surface area (Å²) in [5.74, 6) is 0.104. The first-order valence-electron chi connectivity index (χ1n) is 10.3. The smallest absolute Gasteiger partial charge is 0.286 e. The number of amides is 1. The van der Waals surface area contributed by atoms with E-state index < -0.39 is 10.6 Å². The van der Waals surface area contributed by atoms with Gasteiger partial charge in [0.2, 0.25) is 0 Å². The van der Waals surface area contributed by atoms with Gasteiger partial charge in [0, 0.05) is 33.7 Å². The van der Waals surface area contributed by atoms with Crippen LogP contribution in [0.3, 0.4) is 0 Å². The average molecular weight is 574 g/mol. The minimum absolute atomic E-state index is 0.229. The van der Waals surface area contributed by atoms with E-state index in [1.54, 1.807) is 27.9 Å². The van der Waals surface area contributed by atoms with Gasteiger partial charge in [0.1, 0.15) is 0 Å². The standard InChI is InChI=1S/C22H23BrCl2N4O3S/c1-2-17-20(22(30)27-28-9-11-33(31,32)12-10-28)26-29(19-8-7-16(24)13-18(19)25)21(17)14-3-5-15(23)6-4-14/h3-8,13,31-32H,2,9-12H2,1H3,(H,27,30). The minimum atomic E-state index is -2.56. The third-order valence-corrected chi connectivity index (χ3v) is 8.18. The fourth-order valence-corrected chi connectivity index (χ4v) is 5.72. The SMILES string of the molecule is CCc1c(C(=O)NN2CCS(O)(O)CC2)nn(-c2ccc(Cl)cc2Cl)c1-c1ccc(Br)cc1. The summed E-state index contributed by atoms with van der Waals surface area (Å²) in [6.07, 6.45) is 0.569. The van der Waals surface area contributed by atoms with E-state index >= 15 is 0 Å². The monoisotopic (exact) mass is 572 g/mol. The van der Waals surface area contributed by atoms with Crippen molar-refractivity contribution in [2.45, 2.75) is 13.3 Å². The summed E-state index contributed by atoms with van der Waals surface area (Å²) < 4.78 is 22.3.